The number of carbonyl (C=O) groups excluding carboxylic acids is 1. The number of fused-ring (bicyclic) bond motifs is 1. The Hall–Kier alpha value is -2.97. The number of rotatable bonds is 5. The number of anilines is 1. The van der Waals surface area contributed by atoms with Crippen LogP contribution < -0.4 is 10.9 Å². The third kappa shape index (κ3) is 4.13. The van der Waals surface area contributed by atoms with Gasteiger partial charge in [0, 0.05) is 24.8 Å². The first-order valence-electron chi connectivity index (χ1n) is 10.3. The number of sulfonamides is 1. The molecule has 0 atom stereocenters. The molecule has 0 saturated carbocycles. The molecule has 0 aliphatic carbocycles. The summed E-state index contributed by atoms with van der Waals surface area (Å²) >= 11 is 0. The number of aryl methyl sites for hydroxylation is 1. The number of pyridine rings is 1. The molecule has 1 aliphatic heterocycles. The number of hydrogen-bond donors (Lipinski definition) is 1. The van der Waals surface area contributed by atoms with Crippen molar-refractivity contribution in [1.29, 1.82) is 0 Å². The van der Waals surface area contributed by atoms with Gasteiger partial charge in [-0.15, -0.1) is 0 Å². The quantitative estimate of drug-likeness (QED) is 0.662. The highest BCUT2D eigenvalue weighted by Crippen LogP contribution is 2.24. The zero-order valence-electron chi connectivity index (χ0n) is 17.6. The Morgan fingerprint density at radius 1 is 1.03 bits per heavy atom. The number of hydrogen-bond acceptors (Lipinski definition) is 4. The number of benzene rings is 2. The molecule has 0 bridgehead atoms. The molecule has 1 N–H and O–H groups in total. The molecule has 1 saturated heterocycles. The van der Waals surface area contributed by atoms with Crippen molar-refractivity contribution in [2.24, 2.45) is 0 Å². The van der Waals surface area contributed by atoms with E-state index in [1.54, 1.807) is 18.2 Å². The SMILES string of the molecule is Cc1cccc(NC(=O)Cn2c(=O)ccc3cc(S(=O)(=O)N4CCCC4)ccc32)c1C. The van der Waals surface area contributed by atoms with Gasteiger partial charge in [0.25, 0.3) is 5.56 Å². The second kappa shape index (κ2) is 8.28. The molecule has 0 unspecified atom stereocenters. The predicted octanol–water partition coefficient (Wildman–Crippen LogP) is 3.04. The van der Waals surface area contributed by atoms with Crippen molar-refractivity contribution in [1.82, 2.24) is 8.87 Å². The van der Waals surface area contributed by atoms with Crippen LogP contribution in [0.15, 0.2) is 58.2 Å². The van der Waals surface area contributed by atoms with Crippen LogP contribution in [-0.4, -0.2) is 36.3 Å². The first-order chi connectivity index (χ1) is 14.8. The van der Waals surface area contributed by atoms with Crippen molar-refractivity contribution in [2.45, 2.75) is 38.1 Å². The fourth-order valence-corrected chi connectivity index (χ4v) is 5.46. The Morgan fingerprint density at radius 2 is 1.77 bits per heavy atom. The molecule has 162 valence electrons. The van der Waals surface area contributed by atoms with Gasteiger partial charge in [-0.2, -0.15) is 4.31 Å². The van der Waals surface area contributed by atoms with Crippen molar-refractivity contribution in [3.8, 4) is 0 Å². The fourth-order valence-electron chi connectivity index (χ4n) is 3.90. The van der Waals surface area contributed by atoms with Crippen LogP contribution in [0.25, 0.3) is 10.9 Å². The number of amides is 1. The first kappa shape index (κ1) is 21.3. The molecular weight excluding hydrogens is 414 g/mol. The summed E-state index contributed by atoms with van der Waals surface area (Å²) in [5.74, 6) is -0.322. The summed E-state index contributed by atoms with van der Waals surface area (Å²) in [6.07, 6.45) is 1.73. The van der Waals surface area contributed by atoms with Crippen LogP contribution in [0.1, 0.15) is 24.0 Å². The van der Waals surface area contributed by atoms with Crippen molar-refractivity contribution >= 4 is 32.5 Å². The number of aromatic nitrogens is 1. The van der Waals surface area contributed by atoms with Crippen LogP contribution in [0.4, 0.5) is 5.69 Å². The molecule has 3 aromatic rings. The van der Waals surface area contributed by atoms with Gasteiger partial charge in [-0.25, -0.2) is 8.42 Å². The Balaban J connectivity index is 1.65. The van der Waals surface area contributed by atoms with Gasteiger partial charge in [0.2, 0.25) is 15.9 Å². The minimum atomic E-state index is -3.56. The second-order valence-corrected chi connectivity index (χ2v) is 9.82. The lowest BCUT2D eigenvalue weighted by molar-refractivity contribution is -0.116. The number of carbonyl (C=O) groups is 1. The lowest BCUT2D eigenvalue weighted by Gasteiger charge is -2.17. The Kier molecular flexibility index (Phi) is 5.68. The average molecular weight is 440 g/mol. The molecule has 31 heavy (non-hydrogen) atoms. The van der Waals surface area contributed by atoms with Gasteiger partial charge >= 0.3 is 0 Å². The Morgan fingerprint density at radius 3 is 2.52 bits per heavy atom. The minimum Gasteiger partial charge on any atom is -0.324 e. The molecular formula is C23H25N3O4S. The maximum atomic E-state index is 12.9. The van der Waals surface area contributed by atoms with Gasteiger partial charge < -0.3 is 5.32 Å². The van der Waals surface area contributed by atoms with E-state index in [1.165, 1.54) is 21.0 Å². The summed E-state index contributed by atoms with van der Waals surface area (Å²) < 4.78 is 28.6. The molecule has 1 aromatic heterocycles. The largest absolute Gasteiger partial charge is 0.324 e. The van der Waals surface area contributed by atoms with E-state index in [0.717, 1.165) is 24.0 Å². The molecule has 2 heterocycles. The highest BCUT2D eigenvalue weighted by molar-refractivity contribution is 7.89. The third-order valence-corrected chi connectivity index (χ3v) is 7.74. The Labute approximate surface area is 181 Å². The van der Waals surface area contributed by atoms with Crippen LogP contribution in [0.3, 0.4) is 0 Å². The monoisotopic (exact) mass is 439 g/mol. The minimum absolute atomic E-state index is 0.165. The molecule has 7 nitrogen and oxygen atoms in total. The van der Waals surface area contributed by atoms with Crippen molar-refractivity contribution in [2.75, 3.05) is 18.4 Å². The van der Waals surface area contributed by atoms with Gasteiger partial charge in [-0.05, 0) is 73.5 Å². The van der Waals surface area contributed by atoms with Gasteiger partial charge in [0.05, 0.1) is 10.4 Å². The van der Waals surface area contributed by atoms with E-state index < -0.39 is 10.0 Å². The van der Waals surface area contributed by atoms with E-state index in [-0.39, 0.29) is 22.9 Å². The zero-order valence-corrected chi connectivity index (χ0v) is 18.4. The summed E-state index contributed by atoms with van der Waals surface area (Å²) in [5.41, 5.74) is 2.93. The number of nitrogens with one attached hydrogen (secondary N) is 1. The fraction of sp³-hybridized carbons (Fsp3) is 0.304. The first-order valence-corrected chi connectivity index (χ1v) is 11.7. The molecule has 1 fully saturated rings. The summed E-state index contributed by atoms with van der Waals surface area (Å²) in [5, 5.41) is 3.46. The molecule has 0 radical (unpaired) electrons. The lowest BCUT2D eigenvalue weighted by atomic mass is 10.1. The van der Waals surface area contributed by atoms with Crippen LogP contribution in [0.5, 0.6) is 0 Å². The standard InChI is InChI=1S/C23H25N3O4S/c1-16-6-5-7-20(17(16)2)24-22(27)15-26-21-10-9-19(14-18(21)8-11-23(26)28)31(29,30)25-12-3-4-13-25/h5-11,14H,3-4,12-13,15H2,1-2H3,(H,24,27). The van der Waals surface area contributed by atoms with Crippen LogP contribution in [0.2, 0.25) is 0 Å². The van der Waals surface area contributed by atoms with Gasteiger partial charge in [-0.3, -0.25) is 14.2 Å². The predicted molar refractivity (Wildman–Crippen MR) is 121 cm³/mol. The highest BCUT2D eigenvalue weighted by Gasteiger charge is 2.27. The van der Waals surface area contributed by atoms with Crippen molar-refractivity contribution < 1.29 is 13.2 Å². The van der Waals surface area contributed by atoms with Crippen LogP contribution in [0, 0.1) is 13.8 Å². The van der Waals surface area contributed by atoms with E-state index in [4.69, 9.17) is 0 Å². The molecule has 1 amide bonds. The highest BCUT2D eigenvalue weighted by atomic mass is 32.2. The Bertz CT molecular complexity index is 1320. The normalized spacial score (nSPS) is 14.8. The average Bonchev–Trinajstić information content (AvgIpc) is 3.29. The number of nitrogens with zero attached hydrogens (tertiary/aromatic N) is 2. The van der Waals surface area contributed by atoms with Crippen LogP contribution in [-0.2, 0) is 21.4 Å². The van der Waals surface area contributed by atoms with E-state index in [1.807, 2.05) is 32.0 Å². The van der Waals surface area contributed by atoms with Gasteiger partial charge in [0.1, 0.15) is 6.54 Å². The maximum absolute atomic E-state index is 12.9. The molecule has 8 heteroatoms. The zero-order chi connectivity index (χ0) is 22.2. The van der Waals surface area contributed by atoms with Gasteiger partial charge in [-0.1, -0.05) is 12.1 Å². The summed E-state index contributed by atoms with van der Waals surface area (Å²) in [6.45, 7) is 4.78. The maximum Gasteiger partial charge on any atom is 0.251 e. The van der Waals surface area contributed by atoms with Gasteiger partial charge in [0.15, 0.2) is 0 Å². The second-order valence-electron chi connectivity index (χ2n) is 7.89. The molecule has 4 rings (SSSR count). The summed E-state index contributed by atoms with van der Waals surface area (Å²) in [4.78, 5) is 25.4. The van der Waals surface area contributed by atoms with E-state index >= 15 is 0 Å². The summed E-state index contributed by atoms with van der Waals surface area (Å²) in [7, 11) is -3.56. The van der Waals surface area contributed by atoms with Crippen molar-refractivity contribution in [3.05, 3.63) is 70.0 Å². The third-order valence-electron chi connectivity index (χ3n) is 5.84. The van der Waals surface area contributed by atoms with E-state index in [2.05, 4.69) is 5.32 Å². The molecule has 2 aromatic carbocycles. The smallest absolute Gasteiger partial charge is 0.251 e. The summed E-state index contributed by atoms with van der Waals surface area (Å²) in [6, 6.07) is 13.3. The lowest BCUT2D eigenvalue weighted by Crippen LogP contribution is -2.29. The molecule has 1 aliphatic rings. The van der Waals surface area contributed by atoms with Crippen LogP contribution >= 0.6 is 0 Å². The van der Waals surface area contributed by atoms with E-state index in [9.17, 15) is 18.0 Å². The van der Waals surface area contributed by atoms with E-state index in [0.29, 0.717) is 29.7 Å². The van der Waals surface area contributed by atoms with Crippen molar-refractivity contribution in [3.63, 3.8) is 0 Å². The topological polar surface area (TPSA) is 88.5 Å². The molecule has 0 spiro atoms.